The van der Waals surface area contributed by atoms with E-state index < -0.39 is 0 Å². The number of Topliss-reactive ketones (excluding diaryl/α,β-unsaturated/α-hetero) is 1. The van der Waals surface area contributed by atoms with E-state index in [-0.39, 0.29) is 18.4 Å². The fourth-order valence-corrected chi connectivity index (χ4v) is 1.17. The van der Waals surface area contributed by atoms with Gasteiger partial charge in [-0.25, -0.2) is 0 Å². The molecule has 0 saturated heterocycles. The molecule has 0 amide bonds. The van der Waals surface area contributed by atoms with Gasteiger partial charge in [0.25, 0.3) is 0 Å². The van der Waals surface area contributed by atoms with Crippen LogP contribution in [0.15, 0.2) is 0 Å². The molecule has 0 aliphatic carbocycles. The van der Waals surface area contributed by atoms with Crippen LogP contribution in [0.25, 0.3) is 0 Å². The maximum atomic E-state index is 11.2. The lowest BCUT2D eigenvalue weighted by Crippen LogP contribution is -2.12. The molecule has 0 aromatic carbocycles. The molecular weight excluding hydrogens is 224 g/mol. The summed E-state index contributed by atoms with van der Waals surface area (Å²) in [5.41, 5.74) is 0. The third-order valence-corrected chi connectivity index (χ3v) is 2.08. The Kier molecular flexibility index (Phi) is 10.9. The first-order chi connectivity index (χ1) is 8.16. The Labute approximate surface area is 102 Å². The Hall–Kier alpha value is -0.940. The fraction of sp³-hybridized carbons (Fsp3) is 0.833. The Morgan fingerprint density at radius 2 is 1.59 bits per heavy atom. The second kappa shape index (κ2) is 11.5. The molecule has 0 heterocycles. The average molecular weight is 246 g/mol. The highest BCUT2D eigenvalue weighted by atomic mass is 16.6. The highest BCUT2D eigenvalue weighted by molar-refractivity contribution is 5.75. The van der Waals surface area contributed by atoms with Crippen LogP contribution >= 0.6 is 0 Å². The molecule has 0 bridgehead atoms. The van der Waals surface area contributed by atoms with E-state index in [1.807, 2.05) is 0 Å². The first kappa shape index (κ1) is 16.1. The number of hydrogen-bond acceptors (Lipinski definition) is 5. The van der Waals surface area contributed by atoms with Gasteiger partial charge in [-0.1, -0.05) is 0 Å². The lowest BCUT2D eigenvalue weighted by molar-refractivity contribution is -0.145. The van der Waals surface area contributed by atoms with Crippen LogP contribution in [-0.2, 0) is 23.8 Å². The number of hydrogen-bond donors (Lipinski definition) is 0. The molecule has 0 radical (unpaired) electrons. The normalized spacial score (nSPS) is 10.2. The van der Waals surface area contributed by atoms with Gasteiger partial charge in [-0.2, -0.15) is 0 Å². The lowest BCUT2D eigenvalue weighted by atomic mass is 10.1. The van der Waals surface area contributed by atoms with Crippen LogP contribution < -0.4 is 0 Å². The lowest BCUT2D eigenvalue weighted by Gasteiger charge is -2.05. The second-order valence-electron chi connectivity index (χ2n) is 3.73. The van der Waals surface area contributed by atoms with Crippen LogP contribution in [0.1, 0.15) is 32.6 Å². The molecular formula is C12H22O5. The van der Waals surface area contributed by atoms with Crippen molar-refractivity contribution < 1.29 is 23.8 Å². The zero-order chi connectivity index (χ0) is 12.9. The monoisotopic (exact) mass is 246 g/mol. The molecule has 0 rings (SSSR count). The van der Waals surface area contributed by atoms with E-state index in [4.69, 9.17) is 14.2 Å². The number of unbranched alkanes of at least 4 members (excludes halogenated alkanes) is 1. The van der Waals surface area contributed by atoms with Crippen molar-refractivity contribution in [2.24, 2.45) is 0 Å². The standard InChI is InChI=1S/C12H22O5/c1-11(13)5-3-4-6-12(14)17-10-9-16-8-7-15-2/h3-10H2,1-2H3. The molecule has 0 aliphatic heterocycles. The molecule has 0 spiro atoms. The Morgan fingerprint density at radius 1 is 0.941 bits per heavy atom. The summed E-state index contributed by atoms with van der Waals surface area (Å²) in [5.74, 6) is -0.0752. The van der Waals surface area contributed by atoms with Gasteiger partial charge in [-0.15, -0.1) is 0 Å². The summed E-state index contributed by atoms with van der Waals surface area (Å²) in [4.78, 5) is 21.8. The second-order valence-corrected chi connectivity index (χ2v) is 3.73. The first-order valence-corrected chi connectivity index (χ1v) is 5.88. The van der Waals surface area contributed by atoms with Gasteiger partial charge >= 0.3 is 5.97 Å². The minimum atomic E-state index is -0.233. The van der Waals surface area contributed by atoms with E-state index in [9.17, 15) is 9.59 Å². The van der Waals surface area contributed by atoms with E-state index in [2.05, 4.69) is 0 Å². The van der Waals surface area contributed by atoms with Crippen LogP contribution in [-0.4, -0.2) is 45.3 Å². The summed E-state index contributed by atoms with van der Waals surface area (Å²) in [7, 11) is 1.60. The zero-order valence-electron chi connectivity index (χ0n) is 10.7. The Morgan fingerprint density at radius 3 is 2.24 bits per heavy atom. The van der Waals surface area contributed by atoms with Crippen LogP contribution in [0.4, 0.5) is 0 Å². The molecule has 0 unspecified atom stereocenters. The van der Waals surface area contributed by atoms with Gasteiger partial charge in [0.1, 0.15) is 12.4 Å². The number of methoxy groups -OCH3 is 1. The van der Waals surface area contributed by atoms with Crippen molar-refractivity contribution in [1.82, 2.24) is 0 Å². The highest BCUT2D eigenvalue weighted by Gasteiger charge is 2.03. The maximum Gasteiger partial charge on any atom is 0.305 e. The van der Waals surface area contributed by atoms with Crippen molar-refractivity contribution in [3.8, 4) is 0 Å². The van der Waals surface area contributed by atoms with Gasteiger partial charge in [-0.3, -0.25) is 4.79 Å². The molecule has 0 aromatic rings. The summed E-state index contributed by atoms with van der Waals surface area (Å²) in [6.07, 6.45) is 2.34. The van der Waals surface area contributed by atoms with Crippen molar-refractivity contribution in [1.29, 1.82) is 0 Å². The SMILES string of the molecule is COCCOCCOC(=O)CCCCC(C)=O. The van der Waals surface area contributed by atoms with Gasteiger partial charge in [0.15, 0.2) is 0 Å². The van der Waals surface area contributed by atoms with E-state index >= 15 is 0 Å². The van der Waals surface area contributed by atoms with E-state index in [0.29, 0.717) is 39.1 Å². The van der Waals surface area contributed by atoms with Crippen molar-refractivity contribution in [3.05, 3.63) is 0 Å². The number of ether oxygens (including phenoxy) is 3. The van der Waals surface area contributed by atoms with Gasteiger partial charge in [-0.05, 0) is 19.8 Å². The number of ketones is 1. The van der Waals surface area contributed by atoms with Gasteiger partial charge in [0.05, 0.1) is 19.8 Å². The highest BCUT2D eigenvalue weighted by Crippen LogP contribution is 2.01. The topological polar surface area (TPSA) is 61.8 Å². The molecule has 0 saturated carbocycles. The molecule has 5 heteroatoms. The van der Waals surface area contributed by atoms with Gasteiger partial charge in [0, 0.05) is 20.0 Å². The van der Waals surface area contributed by atoms with Gasteiger partial charge in [0.2, 0.25) is 0 Å². The molecule has 100 valence electrons. The summed E-state index contributed by atoms with van der Waals surface area (Å²) >= 11 is 0. The maximum absolute atomic E-state index is 11.2. The summed E-state index contributed by atoms with van der Waals surface area (Å²) < 4.78 is 14.9. The van der Waals surface area contributed by atoms with Crippen LogP contribution in [0, 0.1) is 0 Å². The predicted octanol–water partition coefficient (Wildman–Crippen LogP) is 1.34. The van der Waals surface area contributed by atoms with Crippen molar-refractivity contribution in [2.45, 2.75) is 32.6 Å². The van der Waals surface area contributed by atoms with E-state index in [1.54, 1.807) is 14.0 Å². The van der Waals surface area contributed by atoms with Crippen molar-refractivity contribution >= 4 is 11.8 Å². The summed E-state index contributed by atoms with van der Waals surface area (Å²) in [6, 6.07) is 0. The van der Waals surface area contributed by atoms with Gasteiger partial charge < -0.3 is 19.0 Å². The Balaban J connectivity index is 3.20. The smallest absolute Gasteiger partial charge is 0.305 e. The minimum Gasteiger partial charge on any atom is -0.463 e. The summed E-state index contributed by atoms with van der Waals surface area (Å²) in [6.45, 7) is 3.26. The van der Waals surface area contributed by atoms with E-state index in [0.717, 1.165) is 6.42 Å². The predicted molar refractivity (Wildman–Crippen MR) is 62.8 cm³/mol. The number of esters is 1. The van der Waals surface area contributed by atoms with Crippen LogP contribution in [0.2, 0.25) is 0 Å². The number of carbonyl (C=O) groups is 2. The third-order valence-electron chi connectivity index (χ3n) is 2.08. The molecule has 5 nitrogen and oxygen atoms in total. The van der Waals surface area contributed by atoms with E-state index in [1.165, 1.54) is 0 Å². The largest absolute Gasteiger partial charge is 0.463 e. The van der Waals surface area contributed by atoms with Crippen LogP contribution in [0.5, 0.6) is 0 Å². The molecule has 0 aromatic heterocycles. The van der Waals surface area contributed by atoms with Crippen molar-refractivity contribution in [3.63, 3.8) is 0 Å². The minimum absolute atomic E-state index is 0.157. The quantitative estimate of drug-likeness (QED) is 0.406. The summed E-state index contributed by atoms with van der Waals surface area (Å²) in [5, 5.41) is 0. The fourth-order valence-electron chi connectivity index (χ4n) is 1.17. The molecule has 0 atom stereocenters. The van der Waals surface area contributed by atoms with Crippen LogP contribution in [0.3, 0.4) is 0 Å². The Bertz CT molecular complexity index is 215. The number of rotatable bonds is 11. The molecule has 0 fully saturated rings. The number of carbonyl (C=O) groups excluding carboxylic acids is 2. The molecule has 17 heavy (non-hydrogen) atoms. The first-order valence-electron chi connectivity index (χ1n) is 5.88. The van der Waals surface area contributed by atoms with Crippen molar-refractivity contribution in [2.75, 3.05) is 33.5 Å². The third kappa shape index (κ3) is 13.0. The average Bonchev–Trinajstić information content (AvgIpc) is 2.29. The molecule has 0 aliphatic rings. The molecule has 0 N–H and O–H groups in total. The zero-order valence-corrected chi connectivity index (χ0v) is 10.7.